The predicted octanol–water partition coefficient (Wildman–Crippen LogP) is 3.33. The van der Waals surface area contributed by atoms with Crippen molar-refractivity contribution in [1.82, 2.24) is 20.1 Å². The fourth-order valence-electron chi connectivity index (χ4n) is 2.51. The maximum Gasteiger partial charge on any atom is 0.471 e. The average molecular weight is 370 g/mol. The predicted molar refractivity (Wildman–Crippen MR) is 83.5 cm³/mol. The number of urea groups is 1. The second-order valence-corrected chi connectivity index (χ2v) is 5.70. The fraction of sp³-hybridized carbons (Fsp3) is 0.438. The zero-order valence-corrected chi connectivity index (χ0v) is 14.0. The molecule has 3 rings (SSSR count). The van der Waals surface area contributed by atoms with Gasteiger partial charge in [-0.05, 0) is 18.9 Å². The summed E-state index contributed by atoms with van der Waals surface area (Å²) >= 11 is 0. The number of aromatic nitrogens is 2. The number of hydrogen-bond acceptors (Lipinski definition) is 5. The third kappa shape index (κ3) is 3.96. The van der Waals surface area contributed by atoms with E-state index in [4.69, 9.17) is 4.84 Å². The molecule has 1 fully saturated rings. The van der Waals surface area contributed by atoms with Gasteiger partial charge in [0.2, 0.25) is 5.82 Å². The molecule has 0 aliphatic carbocycles. The van der Waals surface area contributed by atoms with E-state index in [0.717, 1.165) is 12.0 Å². The van der Waals surface area contributed by atoms with Gasteiger partial charge in [-0.2, -0.15) is 18.2 Å². The number of carbonyl (C=O) groups is 1. The number of alkyl halides is 3. The Balaban J connectivity index is 1.68. The zero-order valence-electron chi connectivity index (χ0n) is 14.0. The van der Waals surface area contributed by atoms with Gasteiger partial charge in [0.1, 0.15) is 0 Å². The molecule has 0 unspecified atom stereocenters. The summed E-state index contributed by atoms with van der Waals surface area (Å²) in [6.45, 7) is 3.81. The van der Waals surface area contributed by atoms with Gasteiger partial charge in [-0.3, -0.25) is 4.84 Å². The van der Waals surface area contributed by atoms with Crippen molar-refractivity contribution in [2.75, 3.05) is 19.7 Å². The minimum atomic E-state index is -4.68. The Morgan fingerprint density at radius 3 is 2.58 bits per heavy atom. The van der Waals surface area contributed by atoms with E-state index in [0.29, 0.717) is 31.8 Å². The fourth-order valence-corrected chi connectivity index (χ4v) is 2.51. The monoisotopic (exact) mass is 370 g/mol. The van der Waals surface area contributed by atoms with Crippen LogP contribution in [0.2, 0.25) is 0 Å². The Bertz CT molecular complexity index is 755. The van der Waals surface area contributed by atoms with Crippen molar-refractivity contribution in [2.45, 2.75) is 26.1 Å². The van der Waals surface area contributed by atoms with Crippen molar-refractivity contribution >= 4 is 6.03 Å². The van der Waals surface area contributed by atoms with Gasteiger partial charge in [0.15, 0.2) is 0 Å². The molecule has 2 heterocycles. The molecule has 10 heteroatoms. The van der Waals surface area contributed by atoms with Crippen LogP contribution in [0.1, 0.15) is 24.8 Å². The highest BCUT2D eigenvalue weighted by molar-refractivity contribution is 5.73. The normalized spacial score (nSPS) is 14.7. The summed E-state index contributed by atoms with van der Waals surface area (Å²) in [6, 6.07) is 6.39. The van der Waals surface area contributed by atoms with Crippen LogP contribution in [0.3, 0.4) is 0 Å². The van der Waals surface area contributed by atoms with Crippen molar-refractivity contribution in [3.8, 4) is 11.4 Å². The smallest absolute Gasteiger partial charge is 0.329 e. The number of amides is 2. The molecule has 140 valence electrons. The van der Waals surface area contributed by atoms with Gasteiger partial charge < -0.3 is 9.42 Å². The summed E-state index contributed by atoms with van der Waals surface area (Å²) in [5, 5.41) is 4.69. The van der Waals surface area contributed by atoms with E-state index >= 15 is 0 Å². The standard InChI is InChI=1S/C16H17F3N4O3/c1-2-22(15(24)23-8-3-9-25-23)10-11-4-6-12(7-5-11)13-20-14(26-21-13)16(17,18)19/h4-7H,2-3,8-10H2,1H3. The molecule has 26 heavy (non-hydrogen) atoms. The molecule has 1 aliphatic heterocycles. The van der Waals surface area contributed by atoms with E-state index in [9.17, 15) is 18.0 Å². The quantitative estimate of drug-likeness (QED) is 0.826. The zero-order chi connectivity index (χ0) is 18.7. The van der Waals surface area contributed by atoms with Gasteiger partial charge in [0, 0.05) is 18.7 Å². The molecule has 2 aromatic rings. The summed E-state index contributed by atoms with van der Waals surface area (Å²) in [5.74, 6) is -1.53. The number of hydroxylamine groups is 2. The lowest BCUT2D eigenvalue weighted by molar-refractivity contribution is -0.159. The Labute approximate surface area is 147 Å². The van der Waals surface area contributed by atoms with E-state index in [1.165, 1.54) is 5.06 Å². The highest BCUT2D eigenvalue weighted by atomic mass is 19.4. The summed E-state index contributed by atoms with van der Waals surface area (Å²) in [6.07, 6.45) is -3.87. The lowest BCUT2D eigenvalue weighted by Crippen LogP contribution is -2.40. The van der Waals surface area contributed by atoms with Gasteiger partial charge >= 0.3 is 18.1 Å². The van der Waals surface area contributed by atoms with Crippen LogP contribution in [0.25, 0.3) is 11.4 Å². The van der Waals surface area contributed by atoms with Crippen LogP contribution in [0.4, 0.5) is 18.0 Å². The first-order chi connectivity index (χ1) is 12.4. The molecule has 7 nitrogen and oxygen atoms in total. The minimum absolute atomic E-state index is 0.141. The van der Waals surface area contributed by atoms with Crippen LogP contribution in [0.5, 0.6) is 0 Å². The maximum atomic E-state index is 12.5. The lowest BCUT2D eigenvalue weighted by Gasteiger charge is -2.25. The molecule has 1 aliphatic rings. The van der Waals surface area contributed by atoms with Crippen LogP contribution >= 0.6 is 0 Å². The van der Waals surface area contributed by atoms with Crippen LogP contribution in [0, 0.1) is 0 Å². The molecular formula is C16H17F3N4O3. The molecule has 2 amide bonds. The minimum Gasteiger partial charge on any atom is -0.329 e. The first-order valence-corrected chi connectivity index (χ1v) is 8.08. The van der Waals surface area contributed by atoms with Crippen LogP contribution in [-0.2, 0) is 17.6 Å². The van der Waals surface area contributed by atoms with Crippen molar-refractivity contribution in [1.29, 1.82) is 0 Å². The maximum absolute atomic E-state index is 12.5. The Morgan fingerprint density at radius 1 is 1.31 bits per heavy atom. The highest BCUT2D eigenvalue weighted by Gasteiger charge is 2.38. The number of nitrogens with zero attached hydrogens (tertiary/aromatic N) is 4. The van der Waals surface area contributed by atoms with E-state index < -0.39 is 12.1 Å². The van der Waals surface area contributed by atoms with Gasteiger partial charge in [0.25, 0.3) is 0 Å². The molecule has 0 atom stereocenters. The molecule has 0 spiro atoms. The van der Waals surface area contributed by atoms with Gasteiger partial charge in [-0.25, -0.2) is 9.86 Å². The molecule has 0 N–H and O–H groups in total. The first kappa shape index (κ1) is 18.2. The summed E-state index contributed by atoms with van der Waals surface area (Å²) in [5.41, 5.74) is 1.22. The first-order valence-electron chi connectivity index (χ1n) is 8.08. The van der Waals surface area contributed by atoms with E-state index in [1.54, 1.807) is 29.2 Å². The van der Waals surface area contributed by atoms with Crippen molar-refractivity contribution < 1.29 is 27.3 Å². The summed E-state index contributed by atoms with van der Waals surface area (Å²) in [4.78, 5) is 22.6. The number of carbonyl (C=O) groups excluding carboxylic acids is 1. The molecule has 0 saturated carbocycles. The van der Waals surface area contributed by atoms with E-state index in [1.807, 2.05) is 6.92 Å². The highest BCUT2D eigenvalue weighted by Crippen LogP contribution is 2.29. The summed E-state index contributed by atoms with van der Waals surface area (Å²) < 4.78 is 41.8. The van der Waals surface area contributed by atoms with Crippen molar-refractivity contribution in [3.05, 3.63) is 35.7 Å². The van der Waals surface area contributed by atoms with Gasteiger partial charge in [0.05, 0.1) is 13.2 Å². The third-order valence-corrected chi connectivity index (χ3v) is 3.87. The van der Waals surface area contributed by atoms with Gasteiger partial charge in [-0.1, -0.05) is 29.4 Å². The third-order valence-electron chi connectivity index (χ3n) is 3.87. The number of halogens is 3. The topological polar surface area (TPSA) is 71.7 Å². The SMILES string of the molecule is CCN(Cc1ccc(-c2noc(C(F)(F)F)n2)cc1)C(=O)N1CCCO1. The second kappa shape index (κ2) is 7.32. The Morgan fingerprint density at radius 2 is 2.04 bits per heavy atom. The Hall–Kier alpha value is -2.62. The van der Waals surface area contributed by atoms with Crippen LogP contribution in [0.15, 0.2) is 28.8 Å². The molecule has 1 saturated heterocycles. The molecule has 1 aromatic carbocycles. The molecule has 0 radical (unpaired) electrons. The van der Waals surface area contributed by atoms with Crippen LogP contribution in [-0.4, -0.2) is 45.8 Å². The van der Waals surface area contributed by atoms with E-state index in [2.05, 4.69) is 14.7 Å². The lowest BCUT2D eigenvalue weighted by atomic mass is 10.1. The van der Waals surface area contributed by atoms with Crippen molar-refractivity contribution in [2.24, 2.45) is 0 Å². The van der Waals surface area contributed by atoms with E-state index in [-0.39, 0.29) is 11.9 Å². The molecule has 0 bridgehead atoms. The molecular weight excluding hydrogens is 353 g/mol. The largest absolute Gasteiger partial charge is 0.471 e. The number of benzene rings is 1. The summed E-state index contributed by atoms with van der Waals surface area (Å²) in [7, 11) is 0. The number of hydrogen-bond donors (Lipinski definition) is 0. The van der Waals surface area contributed by atoms with Crippen molar-refractivity contribution in [3.63, 3.8) is 0 Å². The number of rotatable bonds is 4. The van der Waals surface area contributed by atoms with Crippen LogP contribution < -0.4 is 0 Å². The van der Waals surface area contributed by atoms with Gasteiger partial charge in [-0.15, -0.1) is 0 Å². The molecule has 1 aromatic heterocycles. The second-order valence-electron chi connectivity index (χ2n) is 5.70. The Kier molecular flexibility index (Phi) is 5.12. The average Bonchev–Trinajstić information content (AvgIpc) is 3.30.